The molecule has 244 valence electrons. The van der Waals surface area contributed by atoms with Crippen molar-refractivity contribution < 1.29 is 11.0 Å². The third-order valence-electron chi connectivity index (χ3n) is 9.01. The van der Waals surface area contributed by atoms with Crippen molar-refractivity contribution in [3.63, 3.8) is 0 Å². The molecule has 0 aliphatic carbocycles. The van der Waals surface area contributed by atoms with E-state index in [1.165, 1.54) is 38.5 Å². The SMILES string of the molecule is CCC[CH2][Sn]([CH2]CCC)([O][Sn]([CH2]CCC)([CH2]CCC)[C](=O)CCCCCCC(C)C)[C](=O)CCCCCCC(C)C. The van der Waals surface area contributed by atoms with E-state index in [-0.39, 0.29) is 0 Å². The molecule has 0 aromatic heterocycles. The van der Waals surface area contributed by atoms with Crippen LogP contribution in [0.25, 0.3) is 0 Å². The Morgan fingerprint density at radius 2 is 0.756 bits per heavy atom. The van der Waals surface area contributed by atoms with Crippen molar-refractivity contribution >= 4 is 45.2 Å². The van der Waals surface area contributed by atoms with Gasteiger partial charge in [0.1, 0.15) is 0 Å². The van der Waals surface area contributed by atoms with Crippen LogP contribution >= 0.6 is 0 Å². The second-order valence-electron chi connectivity index (χ2n) is 14.0. The van der Waals surface area contributed by atoms with Gasteiger partial charge in [0.2, 0.25) is 0 Å². The standard InChI is InChI=1S/2C10H19O.4C4H9.O.2Sn/c2*1-10(2)8-6-4-3-5-7-9-11;4*1-3-4-2;;;/h2*10H,3-8H2,1-2H3;4*1,3-4H2,2H3;;;. The van der Waals surface area contributed by atoms with Crippen molar-refractivity contribution in [2.75, 3.05) is 0 Å². The molecule has 0 rings (SSSR count). The van der Waals surface area contributed by atoms with E-state index >= 15 is 0 Å². The van der Waals surface area contributed by atoms with Crippen LogP contribution in [-0.2, 0) is 11.0 Å². The van der Waals surface area contributed by atoms with E-state index in [1.54, 1.807) is 0 Å². The van der Waals surface area contributed by atoms with Crippen molar-refractivity contribution in [1.29, 1.82) is 0 Å². The molecule has 0 heterocycles. The summed E-state index contributed by atoms with van der Waals surface area (Å²) in [4.78, 5) is 28.7. The van der Waals surface area contributed by atoms with E-state index < -0.39 is 37.6 Å². The maximum absolute atomic E-state index is 14.3. The van der Waals surface area contributed by atoms with Crippen LogP contribution in [0.15, 0.2) is 0 Å². The fraction of sp³-hybridized carbons (Fsp3) is 0.944. The number of carbonyl (C=O) groups excluding carboxylic acids is 2. The monoisotopic (exact) mass is 794 g/mol. The van der Waals surface area contributed by atoms with E-state index in [4.69, 9.17) is 1.41 Å². The van der Waals surface area contributed by atoms with Crippen molar-refractivity contribution in [3.05, 3.63) is 0 Å². The number of hydrogen-bond acceptors (Lipinski definition) is 3. The summed E-state index contributed by atoms with van der Waals surface area (Å²) in [7, 11) is 0. The Balaban J connectivity index is 5.97. The summed E-state index contributed by atoms with van der Waals surface area (Å²) >= 11 is -7.33. The topological polar surface area (TPSA) is 43.4 Å². The van der Waals surface area contributed by atoms with Crippen molar-refractivity contribution in [2.45, 2.75) is 202 Å². The molecule has 0 atom stereocenters. The first-order chi connectivity index (χ1) is 19.6. The first kappa shape index (κ1) is 41.9. The molecule has 0 amide bonds. The van der Waals surface area contributed by atoms with Gasteiger partial charge in [-0.2, -0.15) is 0 Å². The summed E-state index contributed by atoms with van der Waals surface area (Å²) in [6, 6.07) is 0. The Morgan fingerprint density at radius 1 is 0.463 bits per heavy atom. The van der Waals surface area contributed by atoms with E-state index in [0.717, 1.165) is 119 Å². The average molecular weight is 792 g/mol. The van der Waals surface area contributed by atoms with Crippen LogP contribution in [0.3, 0.4) is 0 Å². The van der Waals surface area contributed by atoms with Crippen LogP contribution in [0.5, 0.6) is 0 Å². The summed E-state index contributed by atoms with van der Waals surface area (Å²) < 4.78 is 12.9. The van der Waals surface area contributed by atoms with Gasteiger partial charge in [-0.25, -0.2) is 0 Å². The molecule has 0 spiro atoms. The molecule has 0 aromatic rings. The van der Waals surface area contributed by atoms with Gasteiger partial charge < -0.3 is 0 Å². The molecule has 0 fully saturated rings. The van der Waals surface area contributed by atoms with Crippen molar-refractivity contribution in [2.24, 2.45) is 11.8 Å². The van der Waals surface area contributed by atoms with Crippen LogP contribution < -0.4 is 0 Å². The minimum atomic E-state index is -3.66. The first-order valence-electron chi connectivity index (χ1n) is 18.4. The van der Waals surface area contributed by atoms with E-state index in [9.17, 15) is 9.59 Å². The van der Waals surface area contributed by atoms with Gasteiger partial charge in [-0.3, -0.25) is 0 Å². The average Bonchev–Trinajstić information content (AvgIpc) is 2.94. The normalized spacial score (nSPS) is 12.5. The Bertz CT molecular complexity index is 577. The van der Waals surface area contributed by atoms with Gasteiger partial charge in [-0.1, -0.05) is 0 Å². The second-order valence-corrected chi connectivity index (χ2v) is 38.8. The third kappa shape index (κ3) is 19.1. The molecular formula is C36H74O3Sn2. The van der Waals surface area contributed by atoms with Crippen molar-refractivity contribution in [1.82, 2.24) is 0 Å². The number of rotatable bonds is 30. The van der Waals surface area contributed by atoms with Crippen LogP contribution in [-0.4, -0.2) is 45.2 Å². The third-order valence-corrected chi connectivity index (χ3v) is 46.7. The van der Waals surface area contributed by atoms with Crippen molar-refractivity contribution in [3.8, 4) is 0 Å². The molecule has 0 saturated heterocycles. The van der Waals surface area contributed by atoms with Crippen LogP contribution in [0.4, 0.5) is 0 Å². The Morgan fingerprint density at radius 3 is 1.02 bits per heavy atom. The Labute approximate surface area is 267 Å². The molecule has 5 heteroatoms. The zero-order chi connectivity index (χ0) is 31.0. The molecular weight excluding hydrogens is 718 g/mol. The summed E-state index contributed by atoms with van der Waals surface area (Å²) in [6.45, 7) is 18.2. The number of unbranched alkanes of at least 4 members (excludes halogenated alkanes) is 10. The van der Waals surface area contributed by atoms with Crippen LogP contribution in [0.2, 0.25) is 17.7 Å². The molecule has 0 radical (unpaired) electrons. The second kappa shape index (κ2) is 26.1. The summed E-state index contributed by atoms with van der Waals surface area (Å²) in [5.74, 6) is 1.53. The van der Waals surface area contributed by atoms with Gasteiger partial charge in [-0.15, -0.1) is 0 Å². The van der Waals surface area contributed by atoms with Gasteiger partial charge in [0.05, 0.1) is 0 Å². The van der Waals surface area contributed by atoms with Gasteiger partial charge in [0, 0.05) is 0 Å². The Kier molecular flexibility index (Phi) is 26.7. The molecule has 0 bridgehead atoms. The molecule has 0 aromatic carbocycles. The minimum absolute atomic E-state index is 0.542. The molecule has 0 N–H and O–H groups in total. The van der Waals surface area contributed by atoms with E-state index in [0.29, 0.717) is 7.60 Å². The van der Waals surface area contributed by atoms with Crippen LogP contribution in [0.1, 0.15) is 184 Å². The van der Waals surface area contributed by atoms with Gasteiger partial charge in [-0.05, 0) is 0 Å². The summed E-state index contributed by atoms with van der Waals surface area (Å²) in [5.41, 5.74) is 0. The summed E-state index contributed by atoms with van der Waals surface area (Å²) in [5, 5.41) is 0. The van der Waals surface area contributed by atoms with Gasteiger partial charge in [0.25, 0.3) is 0 Å². The molecule has 0 aliphatic rings. The fourth-order valence-corrected chi connectivity index (χ4v) is 55.4. The van der Waals surface area contributed by atoms with Gasteiger partial charge >= 0.3 is 270 Å². The predicted molar refractivity (Wildman–Crippen MR) is 187 cm³/mol. The molecule has 0 saturated carbocycles. The quantitative estimate of drug-likeness (QED) is 0.0537. The van der Waals surface area contributed by atoms with Crippen LogP contribution in [0, 0.1) is 11.8 Å². The van der Waals surface area contributed by atoms with Gasteiger partial charge in [0.15, 0.2) is 0 Å². The zero-order valence-electron chi connectivity index (χ0n) is 29.4. The van der Waals surface area contributed by atoms with E-state index in [2.05, 4.69) is 55.4 Å². The predicted octanol–water partition coefficient (Wildman–Crippen LogP) is 12.3. The number of hydrogen-bond donors (Lipinski definition) is 0. The zero-order valence-corrected chi connectivity index (χ0v) is 35.1. The molecule has 0 unspecified atom stereocenters. The van der Waals surface area contributed by atoms with E-state index in [1.807, 2.05) is 0 Å². The maximum atomic E-state index is 14.3. The molecule has 41 heavy (non-hydrogen) atoms. The first-order valence-corrected chi connectivity index (χ1v) is 31.6. The molecule has 3 nitrogen and oxygen atoms in total. The Hall–Kier alpha value is 0.897. The number of carbonyl (C=O) groups is 2. The fourth-order valence-electron chi connectivity index (χ4n) is 6.19. The summed E-state index contributed by atoms with van der Waals surface area (Å²) in [6.07, 6.45) is 22.3. The molecule has 0 aliphatic heterocycles.